The van der Waals surface area contributed by atoms with Gasteiger partial charge in [-0.2, -0.15) is 0 Å². The van der Waals surface area contributed by atoms with Crippen LogP contribution in [0.4, 0.5) is 5.69 Å². The number of benzene rings is 1. The average molecular weight is 234 g/mol. The van der Waals surface area contributed by atoms with Crippen molar-refractivity contribution in [1.82, 2.24) is 4.90 Å². The molecule has 0 bridgehead atoms. The van der Waals surface area contributed by atoms with Crippen LogP contribution in [-0.2, 0) is 4.74 Å². The molecular weight excluding hydrogens is 212 g/mol. The molecule has 1 fully saturated rings. The van der Waals surface area contributed by atoms with Gasteiger partial charge in [-0.1, -0.05) is 12.1 Å². The van der Waals surface area contributed by atoms with Crippen LogP contribution in [0.25, 0.3) is 0 Å². The first-order chi connectivity index (χ1) is 8.27. The highest BCUT2D eigenvalue weighted by Crippen LogP contribution is 2.17. The molecule has 3 nitrogen and oxygen atoms in total. The first kappa shape index (κ1) is 12.4. The molecule has 0 amide bonds. The van der Waals surface area contributed by atoms with E-state index in [1.165, 1.54) is 16.8 Å². The van der Waals surface area contributed by atoms with E-state index in [2.05, 4.69) is 42.3 Å². The van der Waals surface area contributed by atoms with E-state index in [-0.39, 0.29) is 0 Å². The number of morpholine rings is 1. The lowest BCUT2D eigenvalue weighted by Gasteiger charge is -2.26. The molecule has 17 heavy (non-hydrogen) atoms. The SMILES string of the molecule is Cc1cccc(NCCN2CCOCC2)c1C. The Balaban J connectivity index is 1.79. The standard InChI is InChI=1S/C14H22N2O/c1-12-4-3-5-14(13(12)2)15-6-7-16-8-10-17-11-9-16/h3-5,15H,6-11H2,1-2H3. The van der Waals surface area contributed by atoms with Gasteiger partial charge in [0, 0.05) is 31.9 Å². The van der Waals surface area contributed by atoms with Crippen LogP contribution in [-0.4, -0.2) is 44.3 Å². The smallest absolute Gasteiger partial charge is 0.0594 e. The highest BCUT2D eigenvalue weighted by atomic mass is 16.5. The van der Waals surface area contributed by atoms with E-state index in [4.69, 9.17) is 4.74 Å². The fraction of sp³-hybridized carbons (Fsp3) is 0.571. The van der Waals surface area contributed by atoms with Crippen LogP contribution in [0.5, 0.6) is 0 Å². The molecular formula is C14H22N2O. The van der Waals surface area contributed by atoms with Gasteiger partial charge >= 0.3 is 0 Å². The third-order valence-electron chi connectivity index (χ3n) is 3.45. The van der Waals surface area contributed by atoms with Gasteiger partial charge < -0.3 is 10.1 Å². The third-order valence-corrected chi connectivity index (χ3v) is 3.45. The lowest BCUT2D eigenvalue weighted by atomic mass is 10.1. The number of nitrogens with one attached hydrogen (secondary N) is 1. The molecule has 3 heteroatoms. The highest BCUT2D eigenvalue weighted by molar-refractivity contribution is 5.53. The fourth-order valence-electron chi connectivity index (χ4n) is 2.12. The van der Waals surface area contributed by atoms with Crippen LogP contribution in [0, 0.1) is 13.8 Å². The van der Waals surface area contributed by atoms with Crippen molar-refractivity contribution in [3.05, 3.63) is 29.3 Å². The Bertz CT molecular complexity index is 359. The molecule has 1 aliphatic rings. The third kappa shape index (κ3) is 3.45. The number of nitrogens with zero attached hydrogens (tertiary/aromatic N) is 1. The summed E-state index contributed by atoms with van der Waals surface area (Å²) in [5, 5.41) is 3.52. The average Bonchev–Trinajstić information content (AvgIpc) is 2.36. The molecule has 1 aromatic carbocycles. The van der Waals surface area contributed by atoms with Gasteiger partial charge in [0.15, 0.2) is 0 Å². The lowest BCUT2D eigenvalue weighted by Crippen LogP contribution is -2.39. The first-order valence-electron chi connectivity index (χ1n) is 6.37. The molecule has 0 radical (unpaired) electrons. The molecule has 1 heterocycles. The van der Waals surface area contributed by atoms with Crippen molar-refractivity contribution in [3.8, 4) is 0 Å². The first-order valence-corrected chi connectivity index (χ1v) is 6.37. The van der Waals surface area contributed by atoms with Gasteiger partial charge in [-0.15, -0.1) is 0 Å². The molecule has 0 saturated carbocycles. The van der Waals surface area contributed by atoms with Crippen LogP contribution in [0.2, 0.25) is 0 Å². The zero-order valence-electron chi connectivity index (χ0n) is 10.8. The maximum Gasteiger partial charge on any atom is 0.0594 e. The van der Waals surface area contributed by atoms with Crippen molar-refractivity contribution in [1.29, 1.82) is 0 Å². The molecule has 1 aromatic rings. The minimum absolute atomic E-state index is 0.878. The number of rotatable bonds is 4. The predicted octanol–water partition coefficient (Wildman–Crippen LogP) is 2.05. The molecule has 1 aliphatic heterocycles. The van der Waals surface area contributed by atoms with Crippen molar-refractivity contribution in [3.63, 3.8) is 0 Å². The summed E-state index contributed by atoms with van der Waals surface area (Å²) in [6.45, 7) is 10.3. The number of anilines is 1. The topological polar surface area (TPSA) is 24.5 Å². The molecule has 0 spiro atoms. The van der Waals surface area contributed by atoms with E-state index in [1.54, 1.807) is 0 Å². The molecule has 94 valence electrons. The quantitative estimate of drug-likeness (QED) is 0.863. The molecule has 1 saturated heterocycles. The largest absolute Gasteiger partial charge is 0.384 e. The van der Waals surface area contributed by atoms with Crippen molar-refractivity contribution in [2.75, 3.05) is 44.7 Å². The van der Waals surface area contributed by atoms with Gasteiger partial charge in [-0.05, 0) is 31.0 Å². The van der Waals surface area contributed by atoms with Gasteiger partial charge in [0.05, 0.1) is 13.2 Å². The number of hydrogen-bond donors (Lipinski definition) is 1. The molecule has 1 N–H and O–H groups in total. The number of ether oxygens (including phenoxy) is 1. The van der Waals surface area contributed by atoms with E-state index in [0.29, 0.717) is 0 Å². The Labute approximate surface area is 104 Å². The van der Waals surface area contributed by atoms with Crippen molar-refractivity contribution in [2.45, 2.75) is 13.8 Å². The summed E-state index contributed by atoms with van der Waals surface area (Å²) in [6, 6.07) is 6.42. The molecule has 0 aliphatic carbocycles. The van der Waals surface area contributed by atoms with Gasteiger partial charge in [-0.3, -0.25) is 4.90 Å². The zero-order chi connectivity index (χ0) is 12.1. The van der Waals surface area contributed by atoms with Crippen LogP contribution in [0.15, 0.2) is 18.2 Å². The normalized spacial score (nSPS) is 17.1. The van der Waals surface area contributed by atoms with E-state index < -0.39 is 0 Å². The Kier molecular flexibility index (Phi) is 4.40. The maximum absolute atomic E-state index is 5.34. The summed E-state index contributed by atoms with van der Waals surface area (Å²) >= 11 is 0. The summed E-state index contributed by atoms with van der Waals surface area (Å²) in [4.78, 5) is 2.45. The monoisotopic (exact) mass is 234 g/mol. The Morgan fingerprint density at radius 2 is 2.00 bits per heavy atom. The summed E-state index contributed by atoms with van der Waals surface area (Å²) < 4.78 is 5.34. The second-order valence-corrected chi connectivity index (χ2v) is 4.63. The summed E-state index contributed by atoms with van der Waals surface area (Å²) in [6.07, 6.45) is 0. The highest BCUT2D eigenvalue weighted by Gasteiger charge is 2.09. The number of hydrogen-bond acceptors (Lipinski definition) is 3. The molecule has 0 atom stereocenters. The van der Waals surface area contributed by atoms with Crippen LogP contribution in [0.1, 0.15) is 11.1 Å². The van der Waals surface area contributed by atoms with Crippen LogP contribution >= 0.6 is 0 Å². The second kappa shape index (κ2) is 6.03. The van der Waals surface area contributed by atoms with Crippen LogP contribution in [0.3, 0.4) is 0 Å². The number of aryl methyl sites for hydroxylation is 1. The van der Waals surface area contributed by atoms with Crippen molar-refractivity contribution in [2.24, 2.45) is 0 Å². The molecule has 2 rings (SSSR count). The Morgan fingerprint density at radius 3 is 2.76 bits per heavy atom. The Hall–Kier alpha value is -1.06. The lowest BCUT2D eigenvalue weighted by molar-refractivity contribution is 0.0398. The zero-order valence-corrected chi connectivity index (χ0v) is 10.8. The minimum Gasteiger partial charge on any atom is -0.384 e. The van der Waals surface area contributed by atoms with E-state index in [0.717, 1.165) is 39.4 Å². The predicted molar refractivity (Wildman–Crippen MR) is 71.7 cm³/mol. The van der Waals surface area contributed by atoms with E-state index in [9.17, 15) is 0 Å². The van der Waals surface area contributed by atoms with E-state index >= 15 is 0 Å². The Morgan fingerprint density at radius 1 is 1.24 bits per heavy atom. The second-order valence-electron chi connectivity index (χ2n) is 4.63. The van der Waals surface area contributed by atoms with Crippen LogP contribution < -0.4 is 5.32 Å². The minimum atomic E-state index is 0.878. The van der Waals surface area contributed by atoms with Gasteiger partial charge in [0.25, 0.3) is 0 Å². The fourth-order valence-corrected chi connectivity index (χ4v) is 2.12. The van der Waals surface area contributed by atoms with Gasteiger partial charge in [-0.25, -0.2) is 0 Å². The van der Waals surface area contributed by atoms with Gasteiger partial charge in [0.1, 0.15) is 0 Å². The molecule has 0 unspecified atom stereocenters. The van der Waals surface area contributed by atoms with Crippen molar-refractivity contribution >= 4 is 5.69 Å². The summed E-state index contributed by atoms with van der Waals surface area (Å²) in [7, 11) is 0. The molecule has 0 aromatic heterocycles. The van der Waals surface area contributed by atoms with Crippen molar-refractivity contribution < 1.29 is 4.74 Å². The van der Waals surface area contributed by atoms with Gasteiger partial charge in [0.2, 0.25) is 0 Å². The summed E-state index contributed by atoms with van der Waals surface area (Å²) in [5.41, 5.74) is 3.97. The maximum atomic E-state index is 5.34. The van der Waals surface area contributed by atoms with E-state index in [1.807, 2.05) is 0 Å². The summed E-state index contributed by atoms with van der Waals surface area (Å²) in [5.74, 6) is 0.